The van der Waals surface area contributed by atoms with Gasteiger partial charge < -0.3 is 9.84 Å². The molecule has 24 heavy (non-hydrogen) atoms. The fourth-order valence-corrected chi connectivity index (χ4v) is 3.02. The molecule has 5 heteroatoms. The SMILES string of the molecule is Cc1cccc2c1CC(C(=O)O)N(C(=O)OCc1ccccc1)C2. The van der Waals surface area contributed by atoms with Crippen LogP contribution in [-0.4, -0.2) is 28.1 Å². The van der Waals surface area contributed by atoms with E-state index in [1.54, 1.807) is 0 Å². The number of nitrogens with zero attached hydrogens (tertiary/aromatic N) is 1. The van der Waals surface area contributed by atoms with Gasteiger partial charge in [-0.25, -0.2) is 9.59 Å². The molecule has 1 aliphatic rings. The summed E-state index contributed by atoms with van der Waals surface area (Å²) < 4.78 is 5.32. The summed E-state index contributed by atoms with van der Waals surface area (Å²) in [5.41, 5.74) is 3.91. The molecule has 0 aromatic heterocycles. The highest BCUT2D eigenvalue weighted by molar-refractivity contribution is 5.81. The summed E-state index contributed by atoms with van der Waals surface area (Å²) in [4.78, 5) is 25.3. The van der Waals surface area contributed by atoms with E-state index in [2.05, 4.69) is 0 Å². The van der Waals surface area contributed by atoms with Gasteiger partial charge in [-0.1, -0.05) is 48.5 Å². The molecular formula is C19H19NO4. The van der Waals surface area contributed by atoms with Crippen LogP contribution in [0.1, 0.15) is 22.3 Å². The Balaban J connectivity index is 1.77. The van der Waals surface area contributed by atoms with E-state index in [1.165, 1.54) is 4.90 Å². The van der Waals surface area contributed by atoms with Gasteiger partial charge in [-0.3, -0.25) is 4.90 Å². The minimum absolute atomic E-state index is 0.128. The maximum absolute atomic E-state index is 12.4. The first kappa shape index (κ1) is 16.1. The zero-order chi connectivity index (χ0) is 17.1. The maximum Gasteiger partial charge on any atom is 0.411 e. The molecule has 1 N–H and O–H groups in total. The highest BCUT2D eigenvalue weighted by Crippen LogP contribution is 2.27. The third-order valence-corrected chi connectivity index (χ3v) is 4.35. The summed E-state index contributed by atoms with van der Waals surface area (Å²) in [5.74, 6) is -1.01. The van der Waals surface area contributed by atoms with Crippen molar-refractivity contribution in [1.82, 2.24) is 4.90 Å². The summed E-state index contributed by atoms with van der Waals surface area (Å²) in [6.07, 6.45) is -0.295. The molecular weight excluding hydrogens is 306 g/mol. The number of aliphatic carboxylic acids is 1. The van der Waals surface area contributed by atoms with Crippen molar-refractivity contribution >= 4 is 12.1 Å². The molecule has 0 saturated carbocycles. The number of carboxylic acids is 1. The normalized spacial score (nSPS) is 16.4. The Hall–Kier alpha value is -2.82. The Morgan fingerprint density at radius 2 is 1.92 bits per heavy atom. The van der Waals surface area contributed by atoms with Gasteiger partial charge in [0.25, 0.3) is 0 Å². The fourth-order valence-electron chi connectivity index (χ4n) is 3.02. The number of hydrogen-bond donors (Lipinski definition) is 1. The van der Waals surface area contributed by atoms with Gasteiger partial charge in [0, 0.05) is 6.42 Å². The maximum atomic E-state index is 12.4. The minimum atomic E-state index is -1.01. The molecule has 0 aliphatic carbocycles. The average Bonchev–Trinajstić information content (AvgIpc) is 2.60. The number of aryl methyl sites for hydroxylation is 1. The molecule has 2 aromatic rings. The number of benzene rings is 2. The van der Waals surface area contributed by atoms with Crippen LogP contribution in [0.25, 0.3) is 0 Å². The van der Waals surface area contributed by atoms with E-state index in [9.17, 15) is 14.7 Å². The molecule has 3 rings (SSSR count). The standard InChI is InChI=1S/C19H19NO4/c1-13-6-5-9-15-11-20(17(18(21)22)10-16(13)15)19(23)24-12-14-7-3-2-4-8-14/h2-9,17H,10-12H2,1H3,(H,21,22). The number of hydrogen-bond acceptors (Lipinski definition) is 3. The van der Waals surface area contributed by atoms with Gasteiger partial charge in [0.2, 0.25) is 0 Å². The quantitative estimate of drug-likeness (QED) is 0.941. The van der Waals surface area contributed by atoms with Crippen molar-refractivity contribution < 1.29 is 19.4 Å². The smallest absolute Gasteiger partial charge is 0.411 e. The Labute approximate surface area is 140 Å². The highest BCUT2D eigenvalue weighted by Gasteiger charge is 2.36. The Morgan fingerprint density at radius 3 is 2.62 bits per heavy atom. The number of fused-ring (bicyclic) bond motifs is 1. The zero-order valence-corrected chi connectivity index (χ0v) is 13.4. The molecule has 1 aliphatic heterocycles. The van der Waals surface area contributed by atoms with Crippen LogP contribution in [0.5, 0.6) is 0 Å². The summed E-state index contributed by atoms with van der Waals surface area (Å²) in [6.45, 7) is 2.34. The van der Waals surface area contributed by atoms with E-state index < -0.39 is 18.1 Å². The largest absolute Gasteiger partial charge is 0.480 e. The lowest BCUT2D eigenvalue weighted by Gasteiger charge is -2.34. The Bertz CT molecular complexity index is 757. The van der Waals surface area contributed by atoms with E-state index in [0.29, 0.717) is 6.42 Å². The lowest BCUT2D eigenvalue weighted by Crippen LogP contribution is -2.49. The second-order valence-electron chi connectivity index (χ2n) is 5.94. The van der Waals surface area contributed by atoms with Crippen molar-refractivity contribution in [1.29, 1.82) is 0 Å². The second kappa shape index (κ2) is 6.74. The molecule has 0 radical (unpaired) electrons. The molecule has 2 aromatic carbocycles. The van der Waals surface area contributed by atoms with Crippen LogP contribution >= 0.6 is 0 Å². The van der Waals surface area contributed by atoms with E-state index in [-0.39, 0.29) is 13.2 Å². The van der Waals surface area contributed by atoms with Gasteiger partial charge in [0.1, 0.15) is 12.6 Å². The summed E-state index contributed by atoms with van der Waals surface area (Å²) in [6, 6.07) is 14.2. The summed E-state index contributed by atoms with van der Waals surface area (Å²) in [5, 5.41) is 9.51. The van der Waals surface area contributed by atoms with Gasteiger partial charge >= 0.3 is 12.1 Å². The predicted octanol–water partition coefficient (Wildman–Crippen LogP) is 3.14. The van der Waals surface area contributed by atoms with Crippen molar-refractivity contribution in [2.75, 3.05) is 0 Å². The van der Waals surface area contributed by atoms with Gasteiger partial charge in [-0.05, 0) is 29.2 Å². The first-order valence-corrected chi connectivity index (χ1v) is 7.83. The van der Waals surface area contributed by atoms with E-state index in [1.807, 2.05) is 55.5 Å². The lowest BCUT2D eigenvalue weighted by molar-refractivity contribution is -0.143. The van der Waals surface area contributed by atoms with Crippen LogP contribution in [0.3, 0.4) is 0 Å². The van der Waals surface area contributed by atoms with Gasteiger partial charge in [0.05, 0.1) is 6.54 Å². The monoisotopic (exact) mass is 325 g/mol. The number of carbonyl (C=O) groups is 2. The molecule has 0 bridgehead atoms. The molecule has 5 nitrogen and oxygen atoms in total. The van der Waals surface area contributed by atoms with Crippen LogP contribution < -0.4 is 0 Å². The molecule has 1 amide bonds. The first-order chi connectivity index (χ1) is 11.6. The van der Waals surface area contributed by atoms with Crippen molar-refractivity contribution in [3.05, 3.63) is 70.8 Å². The zero-order valence-electron chi connectivity index (χ0n) is 13.4. The van der Waals surface area contributed by atoms with Crippen molar-refractivity contribution in [3.8, 4) is 0 Å². The number of rotatable bonds is 3. The molecule has 1 unspecified atom stereocenters. The van der Waals surface area contributed by atoms with Gasteiger partial charge in [-0.2, -0.15) is 0 Å². The van der Waals surface area contributed by atoms with Crippen LogP contribution in [0.4, 0.5) is 4.79 Å². The number of carbonyl (C=O) groups excluding carboxylic acids is 1. The lowest BCUT2D eigenvalue weighted by atomic mass is 9.91. The molecule has 124 valence electrons. The average molecular weight is 325 g/mol. The van der Waals surface area contributed by atoms with E-state index >= 15 is 0 Å². The predicted molar refractivity (Wildman–Crippen MR) is 88.5 cm³/mol. The van der Waals surface area contributed by atoms with Gasteiger partial charge in [0.15, 0.2) is 0 Å². The van der Waals surface area contributed by atoms with Crippen molar-refractivity contribution in [2.45, 2.75) is 32.5 Å². The van der Waals surface area contributed by atoms with Crippen molar-refractivity contribution in [2.24, 2.45) is 0 Å². The third kappa shape index (κ3) is 3.25. The molecule has 1 heterocycles. The van der Waals surface area contributed by atoms with E-state index in [4.69, 9.17) is 4.74 Å². The highest BCUT2D eigenvalue weighted by atomic mass is 16.6. The van der Waals surface area contributed by atoms with Crippen LogP contribution in [-0.2, 0) is 29.1 Å². The van der Waals surface area contributed by atoms with Crippen LogP contribution in [0.2, 0.25) is 0 Å². The van der Waals surface area contributed by atoms with Crippen molar-refractivity contribution in [3.63, 3.8) is 0 Å². The Morgan fingerprint density at radius 1 is 1.17 bits per heavy atom. The molecule has 0 spiro atoms. The summed E-state index contributed by atoms with van der Waals surface area (Å²) in [7, 11) is 0. The number of carboxylic acid groups (broad SMARTS) is 1. The van der Waals surface area contributed by atoms with Crippen LogP contribution in [0, 0.1) is 6.92 Å². The first-order valence-electron chi connectivity index (χ1n) is 7.83. The van der Waals surface area contributed by atoms with Gasteiger partial charge in [-0.15, -0.1) is 0 Å². The third-order valence-electron chi connectivity index (χ3n) is 4.35. The van der Waals surface area contributed by atoms with Crippen LogP contribution in [0.15, 0.2) is 48.5 Å². The number of ether oxygens (including phenoxy) is 1. The fraction of sp³-hybridized carbons (Fsp3) is 0.263. The van der Waals surface area contributed by atoms with E-state index in [0.717, 1.165) is 22.3 Å². The topological polar surface area (TPSA) is 66.8 Å². The minimum Gasteiger partial charge on any atom is -0.480 e. The summed E-state index contributed by atoms with van der Waals surface area (Å²) >= 11 is 0. The molecule has 0 saturated heterocycles. The number of amides is 1. The second-order valence-corrected chi connectivity index (χ2v) is 5.94. The molecule has 1 atom stereocenters. The Kier molecular flexibility index (Phi) is 4.51. The molecule has 0 fully saturated rings.